The van der Waals surface area contributed by atoms with Crippen LogP contribution in [-0.2, 0) is 6.18 Å². The minimum Gasteiger partial charge on any atom is -0.385 e. The van der Waals surface area contributed by atoms with Crippen LogP contribution in [0.5, 0.6) is 0 Å². The number of nitrogens with one attached hydrogen (secondary N) is 1. The molecule has 0 atom stereocenters. The molecule has 0 aliphatic heterocycles. The lowest BCUT2D eigenvalue weighted by Gasteiger charge is -2.14. The number of alkyl halides is 3. The van der Waals surface area contributed by atoms with Crippen molar-refractivity contribution < 1.29 is 13.2 Å². The van der Waals surface area contributed by atoms with Gasteiger partial charge in [0.1, 0.15) is 5.69 Å². The molecule has 0 fully saturated rings. The zero-order valence-electron chi connectivity index (χ0n) is 11.0. The maximum absolute atomic E-state index is 12.9. The second kappa shape index (κ2) is 4.72. The van der Waals surface area contributed by atoms with Crippen LogP contribution < -0.4 is 5.32 Å². The summed E-state index contributed by atoms with van der Waals surface area (Å²) in [5, 5.41) is 3.71. The molecule has 1 aromatic carbocycles. The summed E-state index contributed by atoms with van der Waals surface area (Å²) in [5.41, 5.74) is 1.77. The fourth-order valence-corrected chi connectivity index (χ4v) is 2.16. The molecule has 2 aromatic rings. The summed E-state index contributed by atoms with van der Waals surface area (Å²) in [6, 6.07) is 4.77. The maximum Gasteiger partial charge on any atom is 0.433 e. The molecule has 1 heterocycles. The first-order chi connectivity index (χ1) is 8.82. The number of anilines is 1. The highest BCUT2D eigenvalue weighted by Crippen LogP contribution is 2.34. The van der Waals surface area contributed by atoms with E-state index in [1.165, 1.54) is 0 Å². The molecule has 0 amide bonds. The minimum absolute atomic E-state index is 0.399. The Morgan fingerprint density at radius 2 is 1.84 bits per heavy atom. The van der Waals surface area contributed by atoms with Crippen LogP contribution in [0.15, 0.2) is 18.2 Å². The van der Waals surface area contributed by atoms with Gasteiger partial charge in [0, 0.05) is 17.6 Å². The second-order valence-corrected chi connectivity index (χ2v) is 4.56. The lowest BCUT2D eigenvalue weighted by Crippen LogP contribution is -2.10. The molecular formula is C14H15F3N2. The predicted octanol–water partition coefficient (Wildman–Crippen LogP) is 4.30. The Balaban J connectivity index is 2.79. The SMILES string of the molecule is CCNc1cc(C(F)(F)F)nc2c(C)cc(C)cc12. The number of fused-ring (bicyclic) bond motifs is 1. The highest BCUT2D eigenvalue weighted by molar-refractivity contribution is 5.94. The fraction of sp³-hybridized carbons (Fsp3) is 0.357. The van der Waals surface area contributed by atoms with Gasteiger partial charge in [-0.25, -0.2) is 4.98 Å². The lowest BCUT2D eigenvalue weighted by molar-refractivity contribution is -0.140. The highest BCUT2D eigenvalue weighted by Gasteiger charge is 2.33. The van der Waals surface area contributed by atoms with Gasteiger partial charge in [-0.2, -0.15) is 13.2 Å². The van der Waals surface area contributed by atoms with Crippen LogP contribution >= 0.6 is 0 Å². The summed E-state index contributed by atoms with van der Waals surface area (Å²) < 4.78 is 38.6. The first kappa shape index (κ1) is 13.6. The zero-order valence-corrected chi connectivity index (χ0v) is 11.0. The Kier molecular flexibility index (Phi) is 3.39. The normalized spacial score (nSPS) is 11.9. The van der Waals surface area contributed by atoms with Crippen LogP contribution in [0.2, 0.25) is 0 Å². The number of aryl methyl sites for hydroxylation is 2. The lowest BCUT2D eigenvalue weighted by atomic mass is 10.0. The van der Waals surface area contributed by atoms with E-state index < -0.39 is 11.9 Å². The molecule has 2 nitrogen and oxygen atoms in total. The van der Waals surface area contributed by atoms with Crippen molar-refractivity contribution in [3.8, 4) is 0 Å². The standard InChI is InChI=1S/C14H15F3N2/c1-4-18-11-7-12(14(15,16)17)19-13-9(3)5-8(2)6-10(11)13/h5-7H,4H2,1-3H3,(H,18,19). The van der Waals surface area contributed by atoms with Gasteiger partial charge in [0.2, 0.25) is 0 Å². The van der Waals surface area contributed by atoms with Gasteiger partial charge in [0.05, 0.1) is 5.52 Å². The van der Waals surface area contributed by atoms with E-state index in [4.69, 9.17) is 0 Å². The van der Waals surface area contributed by atoms with Crippen LogP contribution in [0.1, 0.15) is 23.7 Å². The van der Waals surface area contributed by atoms with E-state index in [0.29, 0.717) is 17.7 Å². The Bertz CT molecular complexity index is 618. The van der Waals surface area contributed by atoms with Gasteiger partial charge in [-0.1, -0.05) is 11.6 Å². The third-order valence-corrected chi connectivity index (χ3v) is 2.91. The molecule has 0 unspecified atom stereocenters. The molecule has 0 radical (unpaired) electrons. The summed E-state index contributed by atoms with van der Waals surface area (Å²) in [5.74, 6) is 0. The third kappa shape index (κ3) is 2.64. The summed E-state index contributed by atoms with van der Waals surface area (Å²) in [4.78, 5) is 3.77. The summed E-state index contributed by atoms with van der Waals surface area (Å²) in [6.07, 6.45) is -4.43. The Morgan fingerprint density at radius 1 is 1.16 bits per heavy atom. The maximum atomic E-state index is 12.9. The van der Waals surface area contributed by atoms with E-state index in [1.807, 2.05) is 26.0 Å². The van der Waals surface area contributed by atoms with E-state index in [2.05, 4.69) is 10.3 Å². The number of hydrogen-bond donors (Lipinski definition) is 1. The Labute approximate surface area is 109 Å². The average Bonchev–Trinajstić information content (AvgIpc) is 2.28. The summed E-state index contributed by atoms with van der Waals surface area (Å²) in [7, 11) is 0. The number of pyridine rings is 1. The molecule has 19 heavy (non-hydrogen) atoms. The number of hydrogen-bond acceptors (Lipinski definition) is 2. The van der Waals surface area contributed by atoms with Gasteiger partial charge in [-0.15, -0.1) is 0 Å². The molecule has 0 aliphatic carbocycles. The van der Waals surface area contributed by atoms with Crippen molar-refractivity contribution in [3.63, 3.8) is 0 Å². The third-order valence-electron chi connectivity index (χ3n) is 2.91. The Morgan fingerprint density at radius 3 is 2.42 bits per heavy atom. The van der Waals surface area contributed by atoms with E-state index in [-0.39, 0.29) is 0 Å². The van der Waals surface area contributed by atoms with Crippen molar-refractivity contribution in [2.75, 3.05) is 11.9 Å². The molecule has 0 aliphatic rings. The predicted molar refractivity (Wildman–Crippen MR) is 70.4 cm³/mol. The van der Waals surface area contributed by atoms with Gasteiger partial charge in [0.15, 0.2) is 0 Å². The van der Waals surface area contributed by atoms with Gasteiger partial charge >= 0.3 is 6.18 Å². The van der Waals surface area contributed by atoms with E-state index in [1.54, 1.807) is 6.92 Å². The smallest absolute Gasteiger partial charge is 0.385 e. The van der Waals surface area contributed by atoms with E-state index in [0.717, 1.165) is 22.6 Å². The number of benzene rings is 1. The molecule has 0 spiro atoms. The number of nitrogens with zero attached hydrogens (tertiary/aromatic N) is 1. The highest BCUT2D eigenvalue weighted by atomic mass is 19.4. The van der Waals surface area contributed by atoms with Gasteiger partial charge in [0.25, 0.3) is 0 Å². The molecular weight excluding hydrogens is 253 g/mol. The van der Waals surface area contributed by atoms with E-state index in [9.17, 15) is 13.2 Å². The Hall–Kier alpha value is -1.78. The quantitative estimate of drug-likeness (QED) is 0.878. The van der Waals surface area contributed by atoms with Crippen molar-refractivity contribution in [2.45, 2.75) is 26.9 Å². The molecule has 2 rings (SSSR count). The van der Waals surface area contributed by atoms with Crippen molar-refractivity contribution >= 4 is 16.6 Å². The summed E-state index contributed by atoms with van der Waals surface area (Å²) in [6.45, 7) is 6.10. The van der Waals surface area contributed by atoms with Crippen LogP contribution in [-0.4, -0.2) is 11.5 Å². The molecule has 1 aromatic heterocycles. The minimum atomic E-state index is -4.43. The largest absolute Gasteiger partial charge is 0.433 e. The van der Waals surface area contributed by atoms with Crippen molar-refractivity contribution in [1.29, 1.82) is 0 Å². The summed E-state index contributed by atoms with van der Waals surface area (Å²) >= 11 is 0. The zero-order chi connectivity index (χ0) is 14.2. The number of aromatic nitrogens is 1. The molecule has 0 bridgehead atoms. The van der Waals surface area contributed by atoms with Crippen LogP contribution in [0.4, 0.5) is 18.9 Å². The van der Waals surface area contributed by atoms with Crippen molar-refractivity contribution in [2.24, 2.45) is 0 Å². The number of rotatable bonds is 2. The first-order valence-corrected chi connectivity index (χ1v) is 6.06. The van der Waals surface area contributed by atoms with Crippen molar-refractivity contribution in [3.05, 3.63) is 35.0 Å². The van der Waals surface area contributed by atoms with E-state index >= 15 is 0 Å². The van der Waals surface area contributed by atoms with Crippen LogP contribution in [0.25, 0.3) is 10.9 Å². The van der Waals surface area contributed by atoms with Gasteiger partial charge < -0.3 is 5.32 Å². The number of halogens is 3. The van der Waals surface area contributed by atoms with Gasteiger partial charge in [-0.05, 0) is 38.5 Å². The monoisotopic (exact) mass is 268 g/mol. The molecule has 0 saturated carbocycles. The fourth-order valence-electron chi connectivity index (χ4n) is 2.16. The molecule has 0 saturated heterocycles. The van der Waals surface area contributed by atoms with Crippen LogP contribution in [0.3, 0.4) is 0 Å². The molecule has 1 N–H and O–H groups in total. The average molecular weight is 268 g/mol. The van der Waals surface area contributed by atoms with Crippen LogP contribution in [0, 0.1) is 13.8 Å². The first-order valence-electron chi connectivity index (χ1n) is 6.06. The molecule has 5 heteroatoms. The van der Waals surface area contributed by atoms with Gasteiger partial charge in [-0.3, -0.25) is 0 Å². The molecule has 102 valence electrons. The second-order valence-electron chi connectivity index (χ2n) is 4.56. The van der Waals surface area contributed by atoms with Crippen molar-refractivity contribution in [1.82, 2.24) is 4.98 Å². The topological polar surface area (TPSA) is 24.9 Å².